The molecule has 1 amide bonds. The van der Waals surface area contributed by atoms with Crippen LogP contribution in [0.3, 0.4) is 0 Å². The fourth-order valence-corrected chi connectivity index (χ4v) is 3.22. The zero-order valence-corrected chi connectivity index (χ0v) is 15.8. The number of rotatable bonds is 5. The average molecular weight is 387 g/mol. The second kappa shape index (κ2) is 8.35. The Morgan fingerprint density at radius 3 is 2.46 bits per heavy atom. The molecule has 3 rings (SSSR count). The molecular formula is C20H22FN3O4. The van der Waals surface area contributed by atoms with Gasteiger partial charge in [-0.25, -0.2) is 4.39 Å². The van der Waals surface area contributed by atoms with Crippen molar-refractivity contribution in [3.63, 3.8) is 0 Å². The van der Waals surface area contributed by atoms with E-state index >= 15 is 0 Å². The lowest BCUT2D eigenvalue weighted by Crippen LogP contribution is -2.38. The molecule has 148 valence electrons. The summed E-state index contributed by atoms with van der Waals surface area (Å²) in [5.41, 5.74) is 1.56. The third kappa shape index (κ3) is 4.12. The first-order valence-electron chi connectivity index (χ1n) is 9.02. The summed E-state index contributed by atoms with van der Waals surface area (Å²) in [6.45, 7) is 4.11. The molecule has 0 aliphatic carbocycles. The van der Waals surface area contributed by atoms with E-state index < -0.39 is 4.92 Å². The summed E-state index contributed by atoms with van der Waals surface area (Å²) in [5, 5.41) is 11.2. The van der Waals surface area contributed by atoms with Gasteiger partial charge in [-0.15, -0.1) is 0 Å². The van der Waals surface area contributed by atoms with E-state index in [0.717, 1.165) is 5.56 Å². The minimum atomic E-state index is -0.511. The van der Waals surface area contributed by atoms with E-state index in [2.05, 4.69) is 0 Å². The number of nitro benzene ring substituents is 1. The molecular weight excluding hydrogens is 365 g/mol. The van der Waals surface area contributed by atoms with Crippen LogP contribution in [0.25, 0.3) is 0 Å². The third-order valence-corrected chi connectivity index (χ3v) is 5.03. The van der Waals surface area contributed by atoms with Gasteiger partial charge in [-0.2, -0.15) is 0 Å². The summed E-state index contributed by atoms with van der Waals surface area (Å²) < 4.78 is 18.6. The van der Waals surface area contributed by atoms with Crippen molar-refractivity contribution in [2.24, 2.45) is 0 Å². The number of morpholine rings is 1. The summed E-state index contributed by atoms with van der Waals surface area (Å²) in [5.74, 6) is -0.680. The molecule has 0 unspecified atom stereocenters. The van der Waals surface area contributed by atoms with Crippen molar-refractivity contribution in [3.8, 4) is 0 Å². The van der Waals surface area contributed by atoms with E-state index in [1.807, 2.05) is 11.8 Å². The highest BCUT2D eigenvalue weighted by Crippen LogP contribution is 2.30. The normalized spacial score (nSPS) is 15.2. The predicted octanol–water partition coefficient (Wildman–Crippen LogP) is 3.40. The van der Waals surface area contributed by atoms with Gasteiger partial charge in [0, 0.05) is 32.3 Å². The Balaban J connectivity index is 1.94. The van der Waals surface area contributed by atoms with Crippen molar-refractivity contribution >= 4 is 17.3 Å². The molecule has 7 nitrogen and oxygen atoms in total. The number of amides is 1. The lowest BCUT2D eigenvalue weighted by Gasteiger charge is -2.32. The first-order valence-corrected chi connectivity index (χ1v) is 9.02. The van der Waals surface area contributed by atoms with Crippen LogP contribution in [-0.4, -0.2) is 49.1 Å². The molecule has 1 aliphatic heterocycles. The van der Waals surface area contributed by atoms with Crippen molar-refractivity contribution in [2.45, 2.75) is 13.0 Å². The summed E-state index contributed by atoms with van der Waals surface area (Å²) in [6.07, 6.45) is 0. The Hall–Kier alpha value is -3.00. The van der Waals surface area contributed by atoms with Crippen LogP contribution in [0.1, 0.15) is 28.9 Å². The molecule has 1 fully saturated rings. The van der Waals surface area contributed by atoms with Crippen LogP contribution in [0.15, 0.2) is 42.5 Å². The number of carbonyl (C=O) groups is 1. The minimum Gasteiger partial charge on any atom is -0.378 e. The first kappa shape index (κ1) is 19.8. The summed E-state index contributed by atoms with van der Waals surface area (Å²) in [6, 6.07) is 9.96. The van der Waals surface area contributed by atoms with Crippen LogP contribution >= 0.6 is 0 Å². The molecule has 0 radical (unpaired) electrons. The fourth-order valence-electron chi connectivity index (χ4n) is 3.22. The predicted molar refractivity (Wildman–Crippen MR) is 103 cm³/mol. The smallest absolute Gasteiger partial charge is 0.270 e. The van der Waals surface area contributed by atoms with E-state index in [9.17, 15) is 19.3 Å². The molecule has 0 saturated carbocycles. The third-order valence-electron chi connectivity index (χ3n) is 5.03. The molecule has 0 aromatic heterocycles. The highest BCUT2D eigenvalue weighted by Gasteiger charge is 2.26. The Bertz CT molecular complexity index is 866. The molecule has 2 aromatic carbocycles. The van der Waals surface area contributed by atoms with Gasteiger partial charge in [0.05, 0.1) is 35.4 Å². The fraction of sp³-hybridized carbons (Fsp3) is 0.350. The Morgan fingerprint density at radius 2 is 1.86 bits per heavy atom. The number of benzene rings is 2. The maximum Gasteiger partial charge on any atom is 0.270 e. The van der Waals surface area contributed by atoms with Crippen molar-refractivity contribution in [1.82, 2.24) is 4.90 Å². The van der Waals surface area contributed by atoms with Crippen LogP contribution in [0.5, 0.6) is 0 Å². The second-order valence-corrected chi connectivity index (χ2v) is 6.70. The number of nitro groups is 1. The average Bonchev–Trinajstić information content (AvgIpc) is 2.73. The van der Waals surface area contributed by atoms with Crippen molar-refractivity contribution < 1.29 is 18.8 Å². The number of non-ortho nitro benzene ring substituents is 1. The number of ether oxygens (including phenoxy) is 1. The molecule has 1 aliphatic rings. The van der Waals surface area contributed by atoms with Gasteiger partial charge in [-0.1, -0.05) is 12.1 Å². The highest BCUT2D eigenvalue weighted by atomic mass is 19.1. The summed E-state index contributed by atoms with van der Waals surface area (Å²) in [7, 11) is 1.64. The molecule has 0 N–H and O–H groups in total. The van der Waals surface area contributed by atoms with Crippen molar-refractivity contribution in [3.05, 3.63) is 69.5 Å². The number of carbonyl (C=O) groups excluding carboxylic acids is 1. The molecule has 1 saturated heterocycles. The lowest BCUT2D eigenvalue weighted by atomic mass is 10.0. The topological polar surface area (TPSA) is 75.9 Å². The number of halogens is 1. The molecule has 28 heavy (non-hydrogen) atoms. The van der Waals surface area contributed by atoms with Gasteiger partial charge in [0.2, 0.25) is 0 Å². The molecule has 1 atom stereocenters. The number of hydrogen-bond acceptors (Lipinski definition) is 5. The lowest BCUT2D eigenvalue weighted by molar-refractivity contribution is -0.384. The largest absolute Gasteiger partial charge is 0.378 e. The maximum atomic E-state index is 13.2. The number of hydrogen-bond donors (Lipinski definition) is 0. The monoisotopic (exact) mass is 387 g/mol. The Kier molecular flexibility index (Phi) is 5.89. The van der Waals surface area contributed by atoms with Gasteiger partial charge >= 0.3 is 0 Å². The quantitative estimate of drug-likeness (QED) is 0.581. The van der Waals surface area contributed by atoms with Crippen molar-refractivity contribution in [1.29, 1.82) is 0 Å². The van der Waals surface area contributed by atoms with Gasteiger partial charge in [0.15, 0.2) is 0 Å². The SMILES string of the molecule is C[C@@H](c1ccc(F)cc1)N(C)C(=O)c1cc([N+](=O)[O-])ccc1N1CCOCC1. The van der Waals surface area contributed by atoms with Crippen LogP contribution in [0.4, 0.5) is 15.8 Å². The highest BCUT2D eigenvalue weighted by molar-refractivity contribution is 6.00. The van der Waals surface area contributed by atoms with E-state index in [-0.39, 0.29) is 29.0 Å². The van der Waals surface area contributed by atoms with E-state index in [1.165, 1.54) is 29.2 Å². The Morgan fingerprint density at radius 1 is 1.21 bits per heavy atom. The van der Waals surface area contributed by atoms with E-state index in [1.54, 1.807) is 25.2 Å². The van der Waals surface area contributed by atoms with Crippen molar-refractivity contribution in [2.75, 3.05) is 38.3 Å². The number of nitrogens with zero attached hydrogens (tertiary/aromatic N) is 3. The van der Waals surface area contributed by atoms with Gasteiger partial charge in [0.25, 0.3) is 11.6 Å². The molecule has 0 spiro atoms. The Labute approximate surface area is 162 Å². The molecule has 0 bridgehead atoms. The first-order chi connectivity index (χ1) is 13.4. The van der Waals surface area contributed by atoms with Crippen LogP contribution in [0, 0.1) is 15.9 Å². The second-order valence-electron chi connectivity index (χ2n) is 6.70. The minimum absolute atomic E-state index is 0.136. The molecule has 1 heterocycles. The summed E-state index contributed by atoms with van der Waals surface area (Å²) >= 11 is 0. The molecule has 2 aromatic rings. The van der Waals surface area contributed by atoms with Gasteiger partial charge in [-0.3, -0.25) is 14.9 Å². The standard InChI is InChI=1S/C20H22FN3O4/c1-14(15-3-5-16(21)6-4-15)22(2)20(25)18-13-17(24(26)27)7-8-19(18)23-9-11-28-12-10-23/h3-8,13-14H,9-12H2,1-2H3/t14-/m0/s1. The summed E-state index contributed by atoms with van der Waals surface area (Å²) in [4.78, 5) is 27.5. The molecule has 8 heteroatoms. The number of anilines is 1. The zero-order chi connectivity index (χ0) is 20.3. The van der Waals surface area contributed by atoms with Crippen LogP contribution in [-0.2, 0) is 4.74 Å². The van der Waals surface area contributed by atoms with Crippen LogP contribution < -0.4 is 4.90 Å². The van der Waals surface area contributed by atoms with E-state index in [0.29, 0.717) is 32.0 Å². The maximum absolute atomic E-state index is 13.2. The van der Waals surface area contributed by atoms with Gasteiger partial charge in [0.1, 0.15) is 5.82 Å². The van der Waals surface area contributed by atoms with E-state index in [4.69, 9.17) is 4.74 Å². The zero-order valence-electron chi connectivity index (χ0n) is 15.8. The van der Waals surface area contributed by atoms with Gasteiger partial charge in [-0.05, 0) is 30.7 Å². The van der Waals surface area contributed by atoms with Gasteiger partial charge < -0.3 is 14.5 Å². The van der Waals surface area contributed by atoms with Crippen LogP contribution in [0.2, 0.25) is 0 Å².